The van der Waals surface area contributed by atoms with Crippen LogP contribution in [0.5, 0.6) is 0 Å². The quantitative estimate of drug-likeness (QED) is 0.662. The molecule has 3 N–H and O–H groups in total. The first-order valence-electron chi connectivity index (χ1n) is 8.27. The number of hydrogen-bond acceptors (Lipinski definition) is 2. The van der Waals surface area contributed by atoms with Crippen LogP contribution in [0.4, 0.5) is 0 Å². The van der Waals surface area contributed by atoms with E-state index < -0.39 is 0 Å². The van der Waals surface area contributed by atoms with Crippen molar-refractivity contribution in [3.63, 3.8) is 0 Å². The molecule has 0 unspecified atom stereocenters. The van der Waals surface area contributed by atoms with Gasteiger partial charge < -0.3 is 11.1 Å². The molecule has 3 rings (SSSR count). The van der Waals surface area contributed by atoms with Gasteiger partial charge in [0.05, 0.1) is 6.54 Å². The summed E-state index contributed by atoms with van der Waals surface area (Å²) in [4.78, 5) is 6.89. The van der Waals surface area contributed by atoms with Gasteiger partial charge in [-0.25, -0.2) is 0 Å². The molecule has 1 aliphatic heterocycles. The van der Waals surface area contributed by atoms with E-state index in [4.69, 9.17) is 17.3 Å². The third kappa shape index (κ3) is 3.93. The van der Waals surface area contributed by atoms with Crippen LogP contribution in [0, 0.1) is 0 Å². The first-order chi connectivity index (χ1) is 10.7. The number of fused-ring (bicyclic) bond motifs is 1. The lowest BCUT2D eigenvalue weighted by atomic mass is 10.00. The molecular formula is C17H25ClN4. The molecule has 22 heavy (non-hydrogen) atoms. The molecule has 0 bridgehead atoms. The summed E-state index contributed by atoms with van der Waals surface area (Å²) >= 11 is 6.25. The number of aliphatic imine (C=N–C) groups is 1. The van der Waals surface area contributed by atoms with Crippen molar-refractivity contribution in [2.45, 2.75) is 44.7 Å². The minimum atomic E-state index is 0.535. The fourth-order valence-corrected chi connectivity index (χ4v) is 3.74. The highest BCUT2D eigenvalue weighted by Crippen LogP contribution is 2.25. The molecule has 2 aliphatic rings. The van der Waals surface area contributed by atoms with Crippen LogP contribution in [0.1, 0.15) is 36.8 Å². The lowest BCUT2D eigenvalue weighted by Gasteiger charge is -2.28. The highest BCUT2D eigenvalue weighted by molar-refractivity contribution is 6.31. The molecule has 120 valence electrons. The number of guanidine groups is 1. The minimum Gasteiger partial charge on any atom is -0.370 e. The van der Waals surface area contributed by atoms with Gasteiger partial charge in [0.25, 0.3) is 0 Å². The average Bonchev–Trinajstić information content (AvgIpc) is 3.00. The van der Waals surface area contributed by atoms with E-state index in [1.54, 1.807) is 0 Å². The van der Waals surface area contributed by atoms with Gasteiger partial charge >= 0.3 is 0 Å². The zero-order valence-corrected chi connectivity index (χ0v) is 13.8. The molecule has 1 aromatic rings. The molecule has 1 saturated carbocycles. The Morgan fingerprint density at radius 1 is 1.36 bits per heavy atom. The average molecular weight is 321 g/mol. The minimum absolute atomic E-state index is 0.535. The first-order valence-corrected chi connectivity index (χ1v) is 8.65. The van der Waals surface area contributed by atoms with Gasteiger partial charge in [0, 0.05) is 30.7 Å². The predicted octanol–water partition coefficient (Wildman–Crippen LogP) is 2.55. The maximum atomic E-state index is 6.25. The summed E-state index contributed by atoms with van der Waals surface area (Å²) in [6, 6.07) is 6.72. The molecule has 1 aromatic carbocycles. The van der Waals surface area contributed by atoms with E-state index >= 15 is 0 Å². The molecule has 1 aliphatic carbocycles. The highest BCUT2D eigenvalue weighted by atomic mass is 35.5. The molecule has 0 radical (unpaired) electrons. The number of halogens is 1. The number of hydrogen-bond donors (Lipinski definition) is 2. The van der Waals surface area contributed by atoms with E-state index in [0.717, 1.165) is 37.6 Å². The van der Waals surface area contributed by atoms with Gasteiger partial charge in [0.2, 0.25) is 0 Å². The number of nitrogens with one attached hydrogen (secondary N) is 1. The van der Waals surface area contributed by atoms with Gasteiger partial charge in [0.15, 0.2) is 5.96 Å². The van der Waals surface area contributed by atoms with Crippen molar-refractivity contribution < 1.29 is 0 Å². The van der Waals surface area contributed by atoms with Crippen LogP contribution in [-0.2, 0) is 13.0 Å². The monoisotopic (exact) mass is 320 g/mol. The maximum Gasteiger partial charge on any atom is 0.188 e. The van der Waals surface area contributed by atoms with Crippen molar-refractivity contribution in [1.29, 1.82) is 0 Å². The van der Waals surface area contributed by atoms with E-state index in [1.165, 1.54) is 36.8 Å². The zero-order valence-electron chi connectivity index (χ0n) is 13.0. The Kier molecular flexibility index (Phi) is 5.21. The third-order valence-electron chi connectivity index (χ3n) is 4.69. The van der Waals surface area contributed by atoms with E-state index in [1.807, 2.05) is 12.1 Å². The Bertz CT molecular complexity index is 537. The topological polar surface area (TPSA) is 53.6 Å². The highest BCUT2D eigenvalue weighted by Gasteiger charge is 2.18. The van der Waals surface area contributed by atoms with Crippen molar-refractivity contribution in [3.8, 4) is 0 Å². The summed E-state index contributed by atoms with van der Waals surface area (Å²) in [7, 11) is 0. The van der Waals surface area contributed by atoms with Crippen molar-refractivity contribution in [2.75, 3.05) is 19.6 Å². The Balaban J connectivity index is 1.46. The van der Waals surface area contributed by atoms with Gasteiger partial charge in [-0.05, 0) is 36.5 Å². The Morgan fingerprint density at radius 2 is 2.18 bits per heavy atom. The molecule has 0 saturated heterocycles. The van der Waals surface area contributed by atoms with Crippen molar-refractivity contribution in [1.82, 2.24) is 10.2 Å². The number of nitrogens with zero attached hydrogens (tertiary/aromatic N) is 2. The van der Waals surface area contributed by atoms with Crippen LogP contribution in [0.15, 0.2) is 23.2 Å². The summed E-state index contributed by atoms with van der Waals surface area (Å²) in [5, 5.41) is 4.23. The molecule has 4 nitrogen and oxygen atoms in total. The largest absolute Gasteiger partial charge is 0.370 e. The van der Waals surface area contributed by atoms with Gasteiger partial charge in [-0.15, -0.1) is 0 Å². The van der Waals surface area contributed by atoms with E-state index in [-0.39, 0.29) is 0 Å². The lowest BCUT2D eigenvalue weighted by molar-refractivity contribution is 0.261. The lowest BCUT2D eigenvalue weighted by Crippen LogP contribution is -2.39. The normalized spacial score (nSPS) is 20.1. The van der Waals surface area contributed by atoms with Crippen molar-refractivity contribution >= 4 is 17.6 Å². The van der Waals surface area contributed by atoms with Crippen molar-refractivity contribution in [3.05, 3.63) is 34.3 Å². The molecule has 5 heteroatoms. The van der Waals surface area contributed by atoms with Crippen molar-refractivity contribution in [2.24, 2.45) is 10.7 Å². The smallest absolute Gasteiger partial charge is 0.188 e. The molecule has 0 aromatic heterocycles. The van der Waals surface area contributed by atoms with Gasteiger partial charge in [-0.1, -0.05) is 36.6 Å². The molecule has 1 heterocycles. The molecule has 1 fully saturated rings. The first kappa shape index (κ1) is 15.6. The van der Waals surface area contributed by atoms with Gasteiger partial charge in [-0.3, -0.25) is 9.89 Å². The standard InChI is InChI=1S/C17H25ClN4/c18-16-7-3-4-13-12-22(10-8-15(13)16)11-9-20-17(19)21-14-5-1-2-6-14/h3-4,7,14H,1-2,5-6,8-12H2,(H3,19,20,21). The van der Waals surface area contributed by atoms with Crippen LogP contribution in [0.2, 0.25) is 5.02 Å². The van der Waals surface area contributed by atoms with Crippen LogP contribution >= 0.6 is 11.6 Å². The second kappa shape index (κ2) is 7.34. The second-order valence-corrected chi connectivity index (χ2v) is 6.70. The number of benzene rings is 1. The second-order valence-electron chi connectivity index (χ2n) is 6.30. The van der Waals surface area contributed by atoms with E-state index in [2.05, 4.69) is 21.3 Å². The zero-order chi connectivity index (χ0) is 15.4. The summed E-state index contributed by atoms with van der Waals surface area (Å²) < 4.78 is 0. The maximum absolute atomic E-state index is 6.25. The Morgan fingerprint density at radius 3 is 3.00 bits per heavy atom. The van der Waals surface area contributed by atoms with Crippen LogP contribution in [0.3, 0.4) is 0 Å². The summed E-state index contributed by atoms with van der Waals surface area (Å²) in [6.45, 7) is 3.70. The fraction of sp³-hybridized carbons (Fsp3) is 0.588. The number of nitrogens with two attached hydrogens (primary N) is 1. The molecule has 0 atom stereocenters. The fourth-order valence-electron chi connectivity index (χ4n) is 3.45. The van der Waals surface area contributed by atoms with E-state index in [9.17, 15) is 0 Å². The third-order valence-corrected chi connectivity index (χ3v) is 5.05. The summed E-state index contributed by atoms with van der Waals surface area (Å²) in [5.74, 6) is 0.604. The summed E-state index contributed by atoms with van der Waals surface area (Å²) in [5.41, 5.74) is 8.63. The van der Waals surface area contributed by atoms with E-state index in [0.29, 0.717) is 12.0 Å². The molecular weight excluding hydrogens is 296 g/mol. The van der Waals surface area contributed by atoms with Gasteiger partial charge in [0.1, 0.15) is 0 Å². The number of rotatable bonds is 4. The SMILES string of the molecule is NC(=NCCN1CCc2c(Cl)cccc2C1)NC1CCCC1. The van der Waals surface area contributed by atoms with Crippen LogP contribution < -0.4 is 11.1 Å². The predicted molar refractivity (Wildman–Crippen MR) is 92.3 cm³/mol. The van der Waals surface area contributed by atoms with Crippen LogP contribution in [-0.4, -0.2) is 36.5 Å². The molecule has 0 spiro atoms. The Hall–Kier alpha value is -1.26. The summed E-state index contributed by atoms with van der Waals surface area (Å²) in [6.07, 6.45) is 6.08. The molecule has 0 amide bonds. The Labute approximate surface area is 137 Å². The van der Waals surface area contributed by atoms with Crippen LogP contribution in [0.25, 0.3) is 0 Å². The van der Waals surface area contributed by atoms with Gasteiger partial charge in [-0.2, -0.15) is 0 Å².